The van der Waals surface area contributed by atoms with Crippen molar-refractivity contribution in [3.63, 3.8) is 0 Å². The van der Waals surface area contributed by atoms with E-state index < -0.39 is 15.9 Å². The number of sulfonamides is 1. The summed E-state index contributed by atoms with van der Waals surface area (Å²) in [4.78, 5) is 36.2. The third-order valence-electron chi connectivity index (χ3n) is 6.71. The first-order valence-corrected chi connectivity index (χ1v) is 14.9. The topological polar surface area (TPSA) is 128 Å². The fourth-order valence-corrected chi connectivity index (χ4v) is 6.20. The molecular weight excluding hydrogens is 544 g/mol. The second-order valence-corrected chi connectivity index (χ2v) is 11.3. The van der Waals surface area contributed by atoms with Crippen molar-refractivity contribution in [3.8, 4) is 11.5 Å². The van der Waals surface area contributed by atoms with Gasteiger partial charge in [-0.25, -0.2) is 8.42 Å². The Kier molecular flexibility index (Phi) is 7.89. The van der Waals surface area contributed by atoms with Gasteiger partial charge in [-0.15, -0.1) is 0 Å². The summed E-state index contributed by atoms with van der Waals surface area (Å²) in [6.07, 6.45) is 4.69. The van der Waals surface area contributed by atoms with Gasteiger partial charge < -0.3 is 14.4 Å². The smallest absolute Gasteiger partial charge is 0.262 e. The Morgan fingerprint density at radius 3 is 2.44 bits per heavy atom. The Morgan fingerprint density at radius 2 is 1.73 bits per heavy atom. The summed E-state index contributed by atoms with van der Waals surface area (Å²) in [5, 5.41) is 0.704. The van der Waals surface area contributed by atoms with Crippen molar-refractivity contribution >= 4 is 38.4 Å². The summed E-state index contributed by atoms with van der Waals surface area (Å²) in [6, 6.07) is 12.0. The van der Waals surface area contributed by atoms with Crippen LogP contribution in [0.2, 0.25) is 0 Å². The maximum absolute atomic E-state index is 13.9. The van der Waals surface area contributed by atoms with Crippen LogP contribution < -0.4 is 19.1 Å². The summed E-state index contributed by atoms with van der Waals surface area (Å²) in [7, 11) is -3.94. The van der Waals surface area contributed by atoms with Crippen LogP contribution >= 0.6 is 0 Å². The van der Waals surface area contributed by atoms with Crippen LogP contribution in [-0.4, -0.2) is 43.4 Å². The van der Waals surface area contributed by atoms with Gasteiger partial charge in [0.15, 0.2) is 5.75 Å². The number of rotatable bonds is 10. The van der Waals surface area contributed by atoms with Gasteiger partial charge in [0, 0.05) is 35.2 Å². The Hall–Kier alpha value is -4.51. The second kappa shape index (κ2) is 11.5. The first-order chi connectivity index (χ1) is 19.7. The molecule has 0 radical (unpaired) electrons. The molecule has 1 aliphatic heterocycles. The van der Waals surface area contributed by atoms with Crippen LogP contribution in [0, 0.1) is 6.92 Å². The number of carbonyl (C=O) groups excluding carboxylic acids is 2. The van der Waals surface area contributed by atoms with Crippen molar-refractivity contribution < 1.29 is 27.5 Å². The van der Waals surface area contributed by atoms with Gasteiger partial charge in [0.25, 0.3) is 5.91 Å². The molecule has 0 fully saturated rings. The molecule has 1 aliphatic rings. The van der Waals surface area contributed by atoms with Gasteiger partial charge in [0.05, 0.1) is 37.5 Å². The molecule has 212 valence electrons. The maximum Gasteiger partial charge on any atom is 0.262 e. The van der Waals surface area contributed by atoms with Crippen molar-refractivity contribution in [1.29, 1.82) is 0 Å². The molecule has 10 nitrogen and oxygen atoms in total. The van der Waals surface area contributed by atoms with E-state index in [-0.39, 0.29) is 24.6 Å². The highest BCUT2D eigenvalue weighted by Gasteiger charge is 2.37. The number of aryl methyl sites for hydroxylation is 1. The summed E-state index contributed by atoms with van der Waals surface area (Å²) < 4.78 is 39.6. The number of ether oxygens (including phenoxy) is 2. The monoisotopic (exact) mass is 574 g/mol. The van der Waals surface area contributed by atoms with E-state index in [2.05, 4.69) is 14.7 Å². The number of anilines is 1. The predicted octanol–water partition coefficient (Wildman–Crippen LogP) is 4.08. The summed E-state index contributed by atoms with van der Waals surface area (Å²) in [5.41, 5.74) is 4.27. The highest BCUT2D eigenvalue weighted by Crippen LogP contribution is 2.45. The highest BCUT2D eigenvalue weighted by atomic mass is 32.2. The molecule has 0 aliphatic carbocycles. The van der Waals surface area contributed by atoms with E-state index >= 15 is 0 Å². The van der Waals surface area contributed by atoms with Crippen molar-refractivity contribution in [2.75, 3.05) is 18.1 Å². The minimum Gasteiger partial charge on any atom is -0.492 e. The van der Waals surface area contributed by atoms with Gasteiger partial charge in [-0.2, -0.15) is 0 Å². The van der Waals surface area contributed by atoms with E-state index in [0.29, 0.717) is 69.1 Å². The van der Waals surface area contributed by atoms with E-state index in [1.54, 1.807) is 59.9 Å². The molecule has 2 aromatic heterocycles. The fourth-order valence-electron chi connectivity index (χ4n) is 5.09. The van der Waals surface area contributed by atoms with Crippen LogP contribution in [0.3, 0.4) is 0 Å². The number of pyridine rings is 2. The number of fused-ring (bicyclic) bond motifs is 2. The molecule has 0 saturated carbocycles. The van der Waals surface area contributed by atoms with Crippen molar-refractivity contribution in [3.05, 3.63) is 88.9 Å². The SMILES string of the molecule is CCOc1c2c(c(OCC)c3ncccc13)CN(c1ccc(CS(=O)(=O)NC(=O)Cc3ccncc3)cc1C)C2=O. The first kappa shape index (κ1) is 28.0. The number of nitrogens with zero attached hydrogens (tertiary/aromatic N) is 3. The third-order valence-corrected chi connectivity index (χ3v) is 7.97. The van der Waals surface area contributed by atoms with E-state index in [4.69, 9.17) is 9.47 Å². The molecule has 0 saturated heterocycles. The zero-order valence-electron chi connectivity index (χ0n) is 23.0. The number of aromatic nitrogens is 2. The van der Waals surface area contributed by atoms with Crippen LogP contribution in [0.1, 0.15) is 46.5 Å². The third kappa shape index (κ3) is 5.71. The minimum atomic E-state index is -3.94. The lowest BCUT2D eigenvalue weighted by Gasteiger charge is -2.19. The Labute approximate surface area is 238 Å². The Morgan fingerprint density at radius 1 is 1.00 bits per heavy atom. The van der Waals surface area contributed by atoms with E-state index in [9.17, 15) is 18.0 Å². The molecule has 0 bridgehead atoms. The Bertz CT molecular complexity index is 1740. The Balaban J connectivity index is 1.41. The first-order valence-electron chi connectivity index (χ1n) is 13.2. The number of benzene rings is 2. The molecule has 2 amide bonds. The number of hydrogen-bond acceptors (Lipinski definition) is 8. The van der Waals surface area contributed by atoms with Crippen molar-refractivity contribution in [2.24, 2.45) is 0 Å². The van der Waals surface area contributed by atoms with Gasteiger partial charge in [-0.3, -0.25) is 24.3 Å². The van der Waals surface area contributed by atoms with Crippen LogP contribution in [-0.2, 0) is 33.5 Å². The maximum atomic E-state index is 13.9. The normalized spacial score (nSPS) is 12.9. The fraction of sp³-hybridized carbons (Fsp3) is 0.267. The van der Waals surface area contributed by atoms with Gasteiger partial charge in [0.1, 0.15) is 11.3 Å². The molecule has 0 unspecified atom stereocenters. The number of amides is 2. The molecule has 2 aromatic carbocycles. The molecule has 1 N–H and O–H groups in total. The summed E-state index contributed by atoms with van der Waals surface area (Å²) >= 11 is 0. The quantitative estimate of drug-likeness (QED) is 0.300. The van der Waals surface area contributed by atoms with Gasteiger partial charge in [-0.05, 0) is 67.8 Å². The largest absolute Gasteiger partial charge is 0.492 e. The number of hydrogen-bond donors (Lipinski definition) is 1. The van der Waals surface area contributed by atoms with Crippen LogP contribution in [0.25, 0.3) is 10.9 Å². The molecule has 11 heteroatoms. The molecule has 0 spiro atoms. The zero-order valence-corrected chi connectivity index (χ0v) is 23.8. The van der Waals surface area contributed by atoms with E-state index in [1.165, 1.54) is 0 Å². The zero-order chi connectivity index (χ0) is 29.1. The molecular formula is C30H30N4O6S. The van der Waals surface area contributed by atoms with Crippen molar-refractivity contribution in [2.45, 2.75) is 39.5 Å². The predicted molar refractivity (Wildman–Crippen MR) is 154 cm³/mol. The number of nitrogens with one attached hydrogen (secondary N) is 1. The average Bonchev–Trinajstić information content (AvgIpc) is 3.27. The van der Waals surface area contributed by atoms with Crippen LogP contribution in [0.15, 0.2) is 61.1 Å². The van der Waals surface area contributed by atoms with Gasteiger partial charge in [-0.1, -0.05) is 12.1 Å². The second-order valence-electron chi connectivity index (χ2n) is 9.61. The van der Waals surface area contributed by atoms with Gasteiger partial charge in [0.2, 0.25) is 15.9 Å². The van der Waals surface area contributed by atoms with Crippen LogP contribution in [0.4, 0.5) is 5.69 Å². The van der Waals surface area contributed by atoms with Gasteiger partial charge >= 0.3 is 0 Å². The molecule has 3 heterocycles. The minimum absolute atomic E-state index is 0.0741. The van der Waals surface area contributed by atoms with E-state index in [1.807, 2.05) is 26.8 Å². The van der Waals surface area contributed by atoms with Crippen molar-refractivity contribution in [1.82, 2.24) is 14.7 Å². The summed E-state index contributed by atoms with van der Waals surface area (Å²) in [5.74, 6) is -0.210. The lowest BCUT2D eigenvalue weighted by molar-refractivity contribution is -0.118. The summed E-state index contributed by atoms with van der Waals surface area (Å²) in [6.45, 7) is 6.58. The lowest BCUT2D eigenvalue weighted by atomic mass is 10.0. The van der Waals surface area contributed by atoms with E-state index in [0.717, 1.165) is 0 Å². The highest BCUT2D eigenvalue weighted by molar-refractivity contribution is 7.89. The lowest BCUT2D eigenvalue weighted by Crippen LogP contribution is -2.32. The molecule has 41 heavy (non-hydrogen) atoms. The standard InChI is InChI=1S/C30H30N4O6S/c1-4-39-28-22-7-6-12-32-27(22)29(40-5-2)23-17-34(30(36)26(23)28)24-9-8-21(15-19(24)3)18-41(37,38)33-25(35)16-20-10-13-31-14-11-20/h6-15H,4-5,16-18H2,1-3H3,(H,33,35). The average molecular weight is 575 g/mol. The number of carbonyl (C=O) groups is 2. The van der Waals surface area contributed by atoms with Crippen LogP contribution in [0.5, 0.6) is 11.5 Å². The molecule has 4 aromatic rings. The molecule has 0 atom stereocenters. The molecule has 5 rings (SSSR count).